The highest BCUT2D eigenvalue weighted by atomic mass is 32.2. The van der Waals surface area contributed by atoms with Gasteiger partial charge in [-0.1, -0.05) is 6.92 Å². The largest absolute Gasteiger partial charge is 0.503 e. The third-order valence-electron chi connectivity index (χ3n) is 2.71. The number of nitrogens with zero attached hydrogens (tertiary/aromatic N) is 1. The van der Waals surface area contributed by atoms with E-state index in [4.69, 9.17) is 14.6 Å². The Morgan fingerprint density at radius 1 is 1.63 bits per heavy atom. The van der Waals surface area contributed by atoms with Crippen molar-refractivity contribution in [3.8, 4) is 11.5 Å². The monoisotopic (exact) mass is 285 g/mol. The molecule has 0 aromatic carbocycles. The SMILES string of the molecule is COc1cc(C2OCC(C)CS2)nc(C(=O)O)c1O. The summed E-state index contributed by atoms with van der Waals surface area (Å²) in [6.07, 6.45) is 0. The van der Waals surface area contributed by atoms with Gasteiger partial charge in [0.1, 0.15) is 5.44 Å². The molecule has 2 unspecified atom stereocenters. The minimum Gasteiger partial charge on any atom is -0.503 e. The fraction of sp³-hybridized carbons (Fsp3) is 0.500. The second kappa shape index (κ2) is 5.66. The summed E-state index contributed by atoms with van der Waals surface area (Å²) in [4.78, 5) is 15.0. The number of carboxylic acids is 1. The average Bonchev–Trinajstić information content (AvgIpc) is 2.39. The Hall–Kier alpha value is -1.47. The molecule has 2 N–H and O–H groups in total. The topological polar surface area (TPSA) is 88.9 Å². The highest BCUT2D eigenvalue weighted by Gasteiger charge is 2.26. The second-order valence-corrected chi connectivity index (χ2v) is 5.45. The van der Waals surface area contributed by atoms with E-state index in [0.717, 1.165) is 5.75 Å². The van der Waals surface area contributed by atoms with Gasteiger partial charge in [-0.2, -0.15) is 0 Å². The van der Waals surface area contributed by atoms with Crippen LogP contribution in [-0.2, 0) is 4.74 Å². The van der Waals surface area contributed by atoms with Crippen LogP contribution in [0.2, 0.25) is 0 Å². The van der Waals surface area contributed by atoms with Gasteiger partial charge in [0.25, 0.3) is 0 Å². The highest BCUT2D eigenvalue weighted by Crippen LogP contribution is 2.39. The molecule has 0 amide bonds. The molecule has 0 bridgehead atoms. The Morgan fingerprint density at radius 3 is 2.89 bits per heavy atom. The zero-order valence-corrected chi connectivity index (χ0v) is 11.4. The van der Waals surface area contributed by atoms with Crippen molar-refractivity contribution < 1.29 is 24.5 Å². The molecule has 2 heterocycles. The molecule has 0 aliphatic carbocycles. The van der Waals surface area contributed by atoms with Crippen LogP contribution in [0.3, 0.4) is 0 Å². The minimum absolute atomic E-state index is 0.0882. The van der Waals surface area contributed by atoms with Crippen molar-refractivity contribution in [1.29, 1.82) is 0 Å². The molecule has 1 aromatic rings. The number of pyridine rings is 1. The smallest absolute Gasteiger partial charge is 0.358 e. The van der Waals surface area contributed by atoms with Crippen molar-refractivity contribution in [1.82, 2.24) is 4.98 Å². The van der Waals surface area contributed by atoms with Crippen molar-refractivity contribution in [2.45, 2.75) is 12.4 Å². The van der Waals surface area contributed by atoms with E-state index in [0.29, 0.717) is 18.2 Å². The number of carboxylic acid groups (broad SMARTS) is 1. The van der Waals surface area contributed by atoms with Gasteiger partial charge < -0.3 is 19.7 Å². The lowest BCUT2D eigenvalue weighted by atomic mass is 10.2. The van der Waals surface area contributed by atoms with Crippen LogP contribution in [0.25, 0.3) is 0 Å². The van der Waals surface area contributed by atoms with Crippen LogP contribution in [-0.4, -0.2) is 40.6 Å². The van der Waals surface area contributed by atoms with Crippen molar-refractivity contribution in [2.75, 3.05) is 19.5 Å². The second-order valence-electron chi connectivity index (χ2n) is 4.36. The van der Waals surface area contributed by atoms with Crippen LogP contribution < -0.4 is 4.74 Å². The van der Waals surface area contributed by atoms with E-state index in [1.807, 2.05) is 0 Å². The molecule has 7 heteroatoms. The van der Waals surface area contributed by atoms with Crippen LogP contribution >= 0.6 is 11.8 Å². The Kier molecular flexibility index (Phi) is 4.16. The number of methoxy groups -OCH3 is 1. The lowest BCUT2D eigenvalue weighted by molar-refractivity contribution is 0.0677. The fourth-order valence-electron chi connectivity index (χ4n) is 1.73. The molecule has 0 radical (unpaired) electrons. The van der Waals surface area contributed by atoms with Gasteiger partial charge in [-0.05, 0) is 5.92 Å². The lowest BCUT2D eigenvalue weighted by Crippen LogP contribution is -2.19. The van der Waals surface area contributed by atoms with Crippen molar-refractivity contribution in [2.24, 2.45) is 5.92 Å². The van der Waals surface area contributed by atoms with Crippen molar-refractivity contribution >= 4 is 17.7 Å². The first-order valence-electron chi connectivity index (χ1n) is 5.77. The highest BCUT2D eigenvalue weighted by molar-refractivity contribution is 7.99. The maximum absolute atomic E-state index is 11.1. The molecule has 104 valence electrons. The summed E-state index contributed by atoms with van der Waals surface area (Å²) in [5.74, 6) is -0.304. The Morgan fingerprint density at radius 2 is 2.37 bits per heavy atom. The summed E-state index contributed by atoms with van der Waals surface area (Å²) >= 11 is 1.56. The molecule has 1 saturated heterocycles. The number of hydrogen-bond donors (Lipinski definition) is 2. The minimum atomic E-state index is -1.30. The molecule has 0 saturated carbocycles. The predicted octanol–water partition coefficient (Wildman–Crippen LogP) is 1.89. The number of rotatable bonds is 3. The molecule has 1 aliphatic rings. The number of thioether (sulfide) groups is 1. The Labute approximate surface area is 114 Å². The van der Waals surface area contributed by atoms with Crippen LogP contribution in [0.15, 0.2) is 6.07 Å². The molecular weight excluding hydrogens is 270 g/mol. The fourth-order valence-corrected chi connectivity index (χ4v) is 2.80. The van der Waals surface area contributed by atoms with Crippen LogP contribution in [0, 0.1) is 5.92 Å². The Balaban J connectivity index is 2.35. The zero-order chi connectivity index (χ0) is 14.0. The normalized spacial score (nSPS) is 23.1. The van der Waals surface area contributed by atoms with Gasteiger partial charge in [0.15, 0.2) is 17.2 Å². The third kappa shape index (κ3) is 2.93. The first-order valence-corrected chi connectivity index (χ1v) is 6.82. The number of aromatic hydroxyl groups is 1. The lowest BCUT2D eigenvalue weighted by Gasteiger charge is -2.26. The van der Waals surface area contributed by atoms with E-state index in [-0.39, 0.29) is 11.2 Å². The van der Waals surface area contributed by atoms with Gasteiger partial charge in [0.2, 0.25) is 0 Å². The van der Waals surface area contributed by atoms with Gasteiger partial charge in [-0.3, -0.25) is 0 Å². The number of carbonyl (C=O) groups is 1. The molecule has 6 nitrogen and oxygen atoms in total. The molecule has 1 fully saturated rings. The number of aromatic nitrogens is 1. The van der Waals surface area contributed by atoms with Gasteiger partial charge in [0, 0.05) is 11.8 Å². The molecule has 19 heavy (non-hydrogen) atoms. The summed E-state index contributed by atoms with van der Waals surface area (Å²) in [6.45, 7) is 2.68. The van der Waals surface area contributed by atoms with Crippen molar-refractivity contribution in [3.63, 3.8) is 0 Å². The predicted molar refractivity (Wildman–Crippen MR) is 69.7 cm³/mol. The Bertz CT molecular complexity index is 485. The van der Waals surface area contributed by atoms with Gasteiger partial charge >= 0.3 is 5.97 Å². The van der Waals surface area contributed by atoms with Gasteiger partial charge in [-0.25, -0.2) is 9.78 Å². The summed E-state index contributed by atoms with van der Waals surface area (Å²) in [5, 5.41) is 18.7. The van der Waals surface area contributed by atoms with E-state index in [1.54, 1.807) is 11.8 Å². The summed E-state index contributed by atoms with van der Waals surface area (Å²) in [7, 11) is 1.36. The van der Waals surface area contributed by atoms with E-state index in [9.17, 15) is 9.90 Å². The van der Waals surface area contributed by atoms with E-state index >= 15 is 0 Å². The maximum Gasteiger partial charge on any atom is 0.358 e. The van der Waals surface area contributed by atoms with E-state index < -0.39 is 17.4 Å². The standard InChI is InChI=1S/C12H15NO5S/c1-6-4-18-12(19-5-6)7-3-8(17-2)10(14)9(13-7)11(15)16/h3,6,12,14H,4-5H2,1-2H3,(H,15,16). The molecule has 2 rings (SSSR count). The molecule has 1 aromatic heterocycles. The number of aromatic carboxylic acids is 1. The first kappa shape index (κ1) is 14.0. The third-order valence-corrected chi connectivity index (χ3v) is 4.15. The first-order chi connectivity index (χ1) is 9.02. The summed E-state index contributed by atoms with van der Waals surface area (Å²) < 4.78 is 10.6. The summed E-state index contributed by atoms with van der Waals surface area (Å²) in [5.41, 5.74) is -0.301. The molecule has 2 atom stereocenters. The number of ether oxygens (including phenoxy) is 2. The van der Waals surface area contributed by atoms with Gasteiger partial charge in [0.05, 0.1) is 19.4 Å². The molecular formula is C12H15NO5S. The van der Waals surface area contributed by atoms with Crippen LogP contribution in [0.1, 0.15) is 28.5 Å². The molecule has 1 aliphatic heterocycles. The van der Waals surface area contributed by atoms with Gasteiger partial charge in [-0.15, -0.1) is 11.8 Å². The molecule has 0 spiro atoms. The zero-order valence-electron chi connectivity index (χ0n) is 10.6. The van der Waals surface area contributed by atoms with Crippen molar-refractivity contribution in [3.05, 3.63) is 17.5 Å². The van der Waals surface area contributed by atoms with Crippen LogP contribution in [0.5, 0.6) is 11.5 Å². The van der Waals surface area contributed by atoms with Crippen LogP contribution in [0.4, 0.5) is 0 Å². The number of hydrogen-bond acceptors (Lipinski definition) is 6. The quantitative estimate of drug-likeness (QED) is 0.876. The average molecular weight is 285 g/mol. The summed E-state index contributed by atoms with van der Waals surface area (Å²) in [6, 6.07) is 1.51. The van der Waals surface area contributed by atoms with E-state index in [2.05, 4.69) is 11.9 Å². The maximum atomic E-state index is 11.1. The van der Waals surface area contributed by atoms with E-state index in [1.165, 1.54) is 13.2 Å².